The van der Waals surface area contributed by atoms with Gasteiger partial charge in [0.05, 0.1) is 14.1 Å². The molecule has 0 aliphatic rings. The van der Waals surface area contributed by atoms with Crippen molar-refractivity contribution >= 4 is 0 Å². The molecule has 0 radical (unpaired) electrons. The summed E-state index contributed by atoms with van der Waals surface area (Å²) in [6.07, 6.45) is 8.43. The van der Waals surface area contributed by atoms with Gasteiger partial charge < -0.3 is 0 Å². The number of aryl methyl sites for hydroxylation is 2. The first kappa shape index (κ1) is 19.0. The Labute approximate surface area is 182 Å². The summed E-state index contributed by atoms with van der Waals surface area (Å²) < 4.78 is 11.1. The summed E-state index contributed by atoms with van der Waals surface area (Å²) in [6.45, 7) is 0. The summed E-state index contributed by atoms with van der Waals surface area (Å²) in [6, 6.07) is 27.4. The Morgan fingerprint density at radius 2 is 0.935 bits per heavy atom. The second-order valence-corrected chi connectivity index (χ2v) is 7.73. The van der Waals surface area contributed by atoms with Crippen molar-refractivity contribution in [1.82, 2.24) is 9.13 Å². The molecule has 5 aromatic rings. The average Bonchev–Trinajstić information content (AvgIpc) is 3.38. The summed E-state index contributed by atoms with van der Waals surface area (Å²) in [5.41, 5.74) is 4.55. The highest BCUT2D eigenvalue weighted by Crippen LogP contribution is 2.22. The second kappa shape index (κ2) is 7.69. The van der Waals surface area contributed by atoms with E-state index in [0.29, 0.717) is 0 Å². The van der Waals surface area contributed by atoms with Crippen molar-refractivity contribution in [3.63, 3.8) is 0 Å². The van der Waals surface area contributed by atoms with Crippen LogP contribution in [0.4, 0.5) is 0 Å². The maximum absolute atomic E-state index is 2.27. The molecule has 3 aromatic heterocycles. The zero-order chi connectivity index (χ0) is 21.4. The van der Waals surface area contributed by atoms with Gasteiger partial charge in [0.1, 0.15) is 43.2 Å². The van der Waals surface area contributed by atoms with Gasteiger partial charge in [-0.05, 0) is 30.3 Å². The van der Waals surface area contributed by atoms with Crippen molar-refractivity contribution in [2.75, 3.05) is 0 Å². The normalized spacial score (nSPS) is 11.1. The summed E-state index contributed by atoms with van der Waals surface area (Å²) in [5, 5.41) is 0. The van der Waals surface area contributed by atoms with Gasteiger partial charge in [0, 0.05) is 12.1 Å². The maximum atomic E-state index is 2.27. The van der Waals surface area contributed by atoms with Gasteiger partial charge in [0.15, 0.2) is 0 Å². The molecule has 0 spiro atoms. The van der Waals surface area contributed by atoms with E-state index in [4.69, 9.17) is 0 Å². The molecule has 5 heteroatoms. The van der Waals surface area contributed by atoms with Gasteiger partial charge in [-0.2, -0.15) is 13.7 Å². The Balaban J connectivity index is 1.71. The minimum Gasteiger partial charge on any atom is -0.227 e. The number of rotatable bonds is 4. The van der Waals surface area contributed by atoms with Crippen LogP contribution in [0.3, 0.4) is 0 Å². The number of hydrogen-bond donors (Lipinski definition) is 0. The van der Waals surface area contributed by atoms with Gasteiger partial charge in [-0.25, -0.2) is 9.13 Å². The van der Waals surface area contributed by atoms with Crippen LogP contribution in [0.5, 0.6) is 0 Å². The summed E-state index contributed by atoms with van der Waals surface area (Å²) in [5.74, 6) is 2.24. The third-order valence-electron chi connectivity index (χ3n) is 5.76. The summed E-state index contributed by atoms with van der Waals surface area (Å²) in [7, 11) is 6.32. The van der Waals surface area contributed by atoms with E-state index in [1.165, 1.54) is 0 Å². The molecule has 0 unspecified atom stereocenters. The fraction of sp³-hybridized carbons (Fsp3) is 0.115. The van der Waals surface area contributed by atoms with E-state index in [9.17, 15) is 0 Å². The van der Waals surface area contributed by atoms with Crippen LogP contribution in [0.2, 0.25) is 0 Å². The topological polar surface area (TPSA) is 21.5 Å². The summed E-state index contributed by atoms with van der Waals surface area (Å²) in [4.78, 5) is 0. The quantitative estimate of drug-likeness (QED) is 0.408. The number of para-hydroxylation sites is 2. The molecule has 31 heavy (non-hydrogen) atoms. The van der Waals surface area contributed by atoms with Crippen LogP contribution in [-0.4, -0.2) is 9.13 Å². The third kappa shape index (κ3) is 3.24. The molecule has 2 aromatic carbocycles. The van der Waals surface area contributed by atoms with Crippen LogP contribution in [-0.2, 0) is 21.1 Å². The SMILES string of the molecule is C[n+]1ccn(-c2ccccc2)c1-c1cccc(-c2n(-c3ccccc3)cc[n+]2C)[n+]1C. The standard InChI is InChI=1S/C26H26N5/c1-27-17-19-30(21-11-6-4-7-12-21)25(27)23-15-10-16-24(29(23)3)26-28(2)18-20-31(26)22-13-8-5-9-14-22/h4-20H,1-3H3/q+3. The van der Waals surface area contributed by atoms with E-state index < -0.39 is 0 Å². The Hall–Kier alpha value is -3.99. The Morgan fingerprint density at radius 3 is 1.35 bits per heavy atom. The minimum absolute atomic E-state index is 1.12. The first-order valence-corrected chi connectivity index (χ1v) is 10.4. The van der Waals surface area contributed by atoms with Crippen molar-refractivity contribution in [3.05, 3.63) is 104 Å². The Bertz CT molecular complexity index is 1250. The average molecular weight is 409 g/mol. The number of nitrogens with zero attached hydrogens (tertiary/aromatic N) is 5. The molecule has 152 valence electrons. The number of benzene rings is 2. The molecule has 0 saturated heterocycles. The van der Waals surface area contributed by atoms with E-state index >= 15 is 0 Å². The van der Waals surface area contributed by atoms with Crippen LogP contribution in [0, 0.1) is 0 Å². The van der Waals surface area contributed by atoms with Gasteiger partial charge in [-0.15, -0.1) is 0 Å². The molecule has 5 rings (SSSR count). The van der Waals surface area contributed by atoms with Gasteiger partial charge in [-0.3, -0.25) is 0 Å². The monoisotopic (exact) mass is 408 g/mol. The lowest BCUT2D eigenvalue weighted by molar-refractivity contribution is -0.697. The van der Waals surface area contributed by atoms with Crippen LogP contribution in [0.25, 0.3) is 34.4 Å². The van der Waals surface area contributed by atoms with E-state index in [1.807, 2.05) is 12.1 Å². The first-order chi connectivity index (χ1) is 15.1. The van der Waals surface area contributed by atoms with Crippen molar-refractivity contribution in [3.8, 4) is 34.4 Å². The van der Waals surface area contributed by atoms with Gasteiger partial charge in [-0.1, -0.05) is 36.4 Å². The molecular weight excluding hydrogens is 382 g/mol. The first-order valence-electron chi connectivity index (χ1n) is 10.4. The highest BCUT2D eigenvalue weighted by Gasteiger charge is 2.32. The van der Waals surface area contributed by atoms with Crippen LogP contribution in [0.1, 0.15) is 0 Å². The molecule has 0 aliphatic heterocycles. The zero-order valence-electron chi connectivity index (χ0n) is 18.1. The lowest BCUT2D eigenvalue weighted by atomic mass is 10.2. The molecule has 5 nitrogen and oxygen atoms in total. The molecule has 0 amide bonds. The van der Waals surface area contributed by atoms with Crippen LogP contribution < -0.4 is 13.7 Å². The van der Waals surface area contributed by atoms with E-state index in [-0.39, 0.29) is 0 Å². The second-order valence-electron chi connectivity index (χ2n) is 7.73. The molecule has 0 N–H and O–H groups in total. The predicted molar refractivity (Wildman–Crippen MR) is 119 cm³/mol. The van der Waals surface area contributed by atoms with Crippen LogP contribution >= 0.6 is 0 Å². The zero-order valence-corrected chi connectivity index (χ0v) is 18.1. The Kier molecular flexibility index (Phi) is 4.71. The number of imidazole rings is 2. The molecule has 0 bridgehead atoms. The van der Waals surface area contributed by atoms with Crippen molar-refractivity contribution < 1.29 is 13.7 Å². The highest BCUT2D eigenvalue weighted by atomic mass is 15.2. The Morgan fingerprint density at radius 1 is 0.516 bits per heavy atom. The van der Waals surface area contributed by atoms with Gasteiger partial charge >= 0.3 is 11.6 Å². The molecule has 0 atom stereocenters. The molecule has 0 fully saturated rings. The molecule has 0 saturated carbocycles. The lowest BCUT2D eigenvalue weighted by Gasteiger charge is -2.05. The van der Waals surface area contributed by atoms with Gasteiger partial charge in [0.2, 0.25) is 0 Å². The van der Waals surface area contributed by atoms with E-state index in [0.717, 1.165) is 34.4 Å². The predicted octanol–water partition coefficient (Wildman–Crippen LogP) is 3.08. The number of pyridine rings is 1. The number of hydrogen-bond acceptors (Lipinski definition) is 0. The minimum atomic E-state index is 1.12. The largest absolute Gasteiger partial charge is 0.359 e. The van der Waals surface area contributed by atoms with E-state index in [1.54, 1.807) is 0 Å². The third-order valence-corrected chi connectivity index (χ3v) is 5.76. The highest BCUT2D eigenvalue weighted by molar-refractivity contribution is 5.53. The fourth-order valence-corrected chi connectivity index (χ4v) is 4.19. The lowest BCUT2D eigenvalue weighted by Crippen LogP contribution is -2.42. The van der Waals surface area contributed by atoms with Crippen molar-refractivity contribution in [2.45, 2.75) is 0 Å². The number of aromatic nitrogens is 5. The van der Waals surface area contributed by atoms with Gasteiger partial charge in [0.25, 0.3) is 11.4 Å². The maximum Gasteiger partial charge on any atom is 0.359 e. The molecular formula is C26H26N5+3. The van der Waals surface area contributed by atoms with Crippen molar-refractivity contribution in [2.24, 2.45) is 21.1 Å². The molecule has 3 heterocycles. The summed E-state index contributed by atoms with van der Waals surface area (Å²) >= 11 is 0. The fourth-order valence-electron chi connectivity index (χ4n) is 4.19. The van der Waals surface area contributed by atoms with E-state index in [2.05, 4.69) is 135 Å². The van der Waals surface area contributed by atoms with Crippen molar-refractivity contribution in [1.29, 1.82) is 0 Å². The smallest absolute Gasteiger partial charge is 0.227 e. The molecule has 0 aliphatic carbocycles. The van der Waals surface area contributed by atoms with Crippen LogP contribution in [0.15, 0.2) is 104 Å².